The molecule has 0 unspecified atom stereocenters. The number of hydrogen-bond donors (Lipinski definition) is 1. The highest BCUT2D eigenvalue weighted by atomic mass is 32.2. The summed E-state index contributed by atoms with van der Waals surface area (Å²) < 4.78 is 46.2. The van der Waals surface area contributed by atoms with Crippen LogP contribution in [-0.4, -0.2) is 34.1 Å². The molecule has 0 fully saturated rings. The summed E-state index contributed by atoms with van der Waals surface area (Å²) in [4.78, 5) is 10.9. The Morgan fingerprint density at radius 3 is 2.41 bits per heavy atom. The molecule has 0 aromatic heterocycles. The highest BCUT2D eigenvalue weighted by Crippen LogP contribution is 2.30. The number of nitrogens with two attached hydrogens (primary N) is 1. The van der Waals surface area contributed by atoms with E-state index in [9.17, 15) is 21.6 Å². The van der Waals surface area contributed by atoms with Crippen molar-refractivity contribution in [2.24, 2.45) is 5.14 Å². The van der Waals surface area contributed by atoms with E-state index in [0.717, 1.165) is 25.2 Å². The molecule has 0 aliphatic carbocycles. The first-order chi connectivity index (χ1) is 7.65. The largest absolute Gasteiger partial charge is 0.268 e. The molecule has 1 heterocycles. The van der Waals surface area contributed by atoms with Crippen molar-refractivity contribution in [3.05, 3.63) is 23.8 Å². The molecule has 1 aromatic rings. The number of carbonyl (C=O) groups excluding carboxylic acids is 1. The maximum atomic E-state index is 11.7. The summed E-state index contributed by atoms with van der Waals surface area (Å²) in [6.45, 7) is 0. The van der Waals surface area contributed by atoms with Crippen LogP contribution < -0.4 is 5.14 Å². The van der Waals surface area contributed by atoms with E-state index < -0.39 is 26.0 Å². The minimum atomic E-state index is -4.00. The van der Waals surface area contributed by atoms with E-state index in [-0.39, 0.29) is 15.4 Å². The molecule has 17 heavy (non-hydrogen) atoms. The zero-order valence-electron chi connectivity index (χ0n) is 8.61. The SMILES string of the molecule is CN1C(=O)c2ccc(S(N)(=O)=O)cc2S1(=O)=O. The first kappa shape index (κ1) is 12.0. The number of rotatable bonds is 1. The predicted octanol–water partition coefficient (Wildman–Crippen LogP) is -0.892. The van der Waals surface area contributed by atoms with E-state index >= 15 is 0 Å². The van der Waals surface area contributed by atoms with E-state index in [1.54, 1.807) is 0 Å². The lowest BCUT2D eigenvalue weighted by molar-refractivity contribution is 0.0891. The Bertz CT molecular complexity index is 720. The van der Waals surface area contributed by atoms with E-state index in [2.05, 4.69) is 0 Å². The first-order valence-electron chi connectivity index (χ1n) is 4.36. The minimum absolute atomic E-state index is 0.0556. The molecule has 1 aromatic carbocycles. The van der Waals surface area contributed by atoms with Crippen LogP contribution in [0.3, 0.4) is 0 Å². The van der Waals surface area contributed by atoms with E-state index in [1.807, 2.05) is 0 Å². The number of carbonyl (C=O) groups is 1. The molecule has 9 heteroatoms. The maximum absolute atomic E-state index is 11.7. The Balaban J connectivity index is 2.80. The van der Waals surface area contributed by atoms with Crippen molar-refractivity contribution in [3.8, 4) is 0 Å². The lowest BCUT2D eigenvalue weighted by Crippen LogP contribution is -2.24. The van der Waals surface area contributed by atoms with Gasteiger partial charge in [0.25, 0.3) is 15.9 Å². The fraction of sp³-hybridized carbons (Fsp3) is 0.125. The summed E-state index contributed by atoms with van der Waals surface area (Å²) in [5.41, 5.74) is -0.0556. The molecule has 1 amide bonds. The Kier molecular flexibility index (Phi) is 2.32. The number of nitrogens with zero attached hydrogens (tertiary/aromatic N) is 1. The smallest absolute Gasteiger partial charge is 0.268 e. The minimum Gasteiger partial charge on any atom is -0.268 e. The average Bonchev–Trinajstić information content (AvgIpc) is 2.39. The first-order valence-corrected chi connectivity index (χ1v) is 7.34. The molecule has 92 valence electrons. The van der Waals surface area contributed by atoms with Gasteiger partial charge >= 0.3 is 0 Å². The predicted molar refractivity (Wildman–Crippen MR) is 57.1 cm³/mol. The van der Waals surface area contributed by atoms with Crippen molar-refractivity contribution in [3.63, 3.8) is 0 Å². The van der Waals surface area contributed by atoms with Crippen molar-refractivity contribution < 1.29 is 21.6 Å². The molecule has 0 saturated carbocycles. The van der Waals surface area contributed by atoms with Gasteiger partial charge in [-0.05, 0) is 18.2 Å². The molecule has 7 nitrogen and oxygen atoms in total. The molecule has 0 radical (unpaired) electrons. The molecular weight excluding hydrogens is 268 g/mol. The summed E-state index contributed by atoms with van der Waals surface area (Å²) in [6, 6.07) is 3.13. The van der Waals surface area contributed by atoms with Crippen LogP contribution in [0, 0.1) is 0 Å². The van der Waals surface area contributed by atoms with Crippen molar-refractivity contribution in [1.29, 1.82) is 0 Å². The fourth-order valence-corrected chi connectivity index (χ4v) is 3.43. The zero-order chi connectivity index (χ0) is 13.0. The monoisotopic (exact) mass is 276 g/mol. The average molecular weight is 276 g/mol. The van der Waals surface area contributed by atoms with Gasteiger partial charge in [-0.3, -0.25) is 4.79 Å². The van der Waals surface area contributed by atoms with Gasteiger partial charge in [0.2, 0.25) is 10.0 Å². The van der Waals surface area contributed by atoms with E-state index in [1.165, 1.54) is 0 Å². The zero-order valence-corrected chi connectivity index (χ0v) is 10.2. The van der Waals surface area contributed by atoms with E-state index in [4.69, 9.17) is 5.14 Å². The lowest BCUT2D eigenvalue weighted by Gasteiger charge is -2.05. The van der Waals surface area contributed by atoms with Crippen molar-refractivity contribution in [2.75, 3.05) is 7.05 Å². The molecule has 0 saturated heterocycles. The van der Waals surface area contributed by atoms with Gasteiger partial charge in [-0.15, -0.1) is 0 Å². The quantitative estimate of drug-likeness (QED) is 0.714. The molecule has 0 spiro atoms. The van der Waals surface area contributed by atoms with Crippen LogP contribution in [0.25, 0.3) is 0 Å². The third kappa shape index (κ3) is 1.63. The molecular formula is C8H8N2O5S2. The van der Waals surface area contributed by atoms with Crippen LogP contribution in [0.1, 0.15) is 10.4 Å². The van der Waals surface area contributed by atoms with E-state index in [0.29, 0.717) is 4.31 Å². The van der Waals surface area contributed by atoms with Gasteiger partial charge in [-0.2, -0.15) is 0 Å². The number of fused-ring (bicyclic) bond motifs is 1. The maximum Gasteiger partial charge on any atom is 0.268 e. The van der Waals surface area contributed by atoms with Crippen molar-refractivity contribution >= 4 is 26.0 Å². The Morgan fingerprint density at radius 1 is 1.29 bits per heavy atom. The third-order valence-electron chi connectivity index (χ3n) is 2.44. The van der Waals surface area contributed by atoms with Gasteiger partial charge in [0.15, 0.2) is 0 Å². The van der Waals surface area contributed by atoms with Crippen molar-refractivity contribution in [1.82, 2.24) is 4.31 Å². The standard InChI is InChI=1S/C8H8N2O5S2/c1-10-8(11)6-3-2-5(16(9,12)13)4-7(6)17(10,14)15/h2-4H,1H3,(H2,9,12,13). The summed E-state index contributed by atoms with van der Waals surface area (Å²) in [7, 11) is -6.85. The van der Waals surface area contributed by atoms with Crippen LogP contribution >= 0.6 is 0 Å². The number of primary sulfonamides is 1. The lowest BCUT2D eigenvalue weighted by atomic mass is 10.2. The van der Waals surface area contributed by atoms with Gasteiger partial charge in [0, 0.05) is 7.05 Å². The fourth-order valence-electron chi connectivity index (χ4n) is 1.50. The molecule has 2 rings (SSSR count). The second-order valence-corrected chi connectivity index (χ2v) is 6.98. The number of amides is 1. The third-order valence-corrected chi connectivity index (χ3v) is 5.13. The van der Waals surface area contributed by atoms with Crippen LogP contribution in [-0.2, 0) is 20.0 Å². The Hall–Kier alpha value is -1.45. The second-order valence-electron chi connectivity index (χ2n) is 3.48. The summed E-state index contributed by atoms with van der Waals surface area (Å²) in [6.07, 6.45) is 0. The Labute approximate surface area is 97.9 Å². The number of hydrogen-bond acceptors (Lipinski definition) is 5. The number of sulfonamides is 2. The van der Waals surface area contributed by atoms with Gasteiger partial charge < -0.3 is 0 Å². The molecule has 2 N–H and O–H groups in total. The Morgan fingerprint density at radius 2 is 1.88 bits per heavy atom. The molecule has 0 atom stereocenters. The normalized spacial score (nSPS) is 18.2. The van der Waals surface area contributed by atoms with Crippen LogP contribution in [0.15, 0.2) is 28.0 Å². The van der Waals surface area contributed by atoms with Crippen LogP contribution in [0.4, 0.5) is 0 Å². The van der Waals surface area contributed by atoms with Gasteiger partial charge in [0.1, 0.15) is 4.90 Å². The van der Waals surface area contributed by atoms with Crippen LogP contribution in [0.5, 0.6) is 0 Å². The highest BCUT2D eigenvalue weighted by molar-refractivity contribution is 7.90. The molecule has 1 aliphatic heterocycles. The van der Waals surface area contributed by atoms with Crippen LogP contribution in [0.2, 0.25) is 0 Å². The van der Waals surface area contributed by atoms with Gasteiger partial charge in [-0.1, -0.05) is 0 Å². The summed E-state index contributed by atoms with van der Waals surface area (Å²) in [5.74, 6) is -0.694. The van der Waals surface area contributed by atoms with Gasteiger partial charge in [-0.25, -0.2) is 26.3 Å². The second kappa shape index (κ2) is 3.28. The topological polar surface area (TPSA) is 115 Å². The summed E-state index contributed by atoms with van der Waals surface area (Å²) >= 11 is 0. The van der Waals surface area contributed by atoms with Gasteiger partial charge in [0.05, 0.1) is 10.5 Å². The highest BCUT2D eigenvalue weighted by Gasteiger charge is 2.39. The molecule has 0 bridgehead atoms. The summed E-state index contributed by atoms with van der Waals surface area (Å²) in [5, 5.41) is 4.89. The van der Waals surface area contributed by atoms with Crippen molar-refractivity contribution in [2.45, 2.75) is 9.79 Å². The molecule has 1 aliphatic rings. The number of benzene rings is 1.